The zero-order valence-electron chi connectivity index (χ0n) is 11.9. The molecular weight excluding hydrogens is 226 g/mol. The summed E-state index contributed by atoms with van der Waals surface area (Å²) in [6.07, 6.45) is 3.70. The number of carbonyl (C=O) groups is 1. The van der Waals surface area contributed by atoms with E-state index in [1.54, 1.807) is 0 Å². The number of amides is 1. The van der Waals surface area contributed by atoms with E-state index in [0.29, 0.717) is 18.5 Å². The Morgan fingerprint density at radius 1 is 1.33 bits per heavy atom. The molecule has 4 heteroatoms. The van der Waals surface area contributed by atoms with Gasteiger partial charge in [0.2, 0.25) is 5.91 Å². The second-order valence-corrected chi connectivity index (χ2v) is 7.01. The Kier molecular flexibility index (Phi) is 3.97. The second kappa shape index (κ2) is 5.17. The van der Waals surface area contributed by atoms with E-state index in [4.69, 9.17) is 5.73 Å². The zero-order valence-corrected chi connectivity index (χ0v) is 11.9. The first kappa shape index (κ1) is 13.8. The SMILES string of the molecule is CC(C)(C)NC(=O)CN1CC2CCCC(N)C2C1. The van der Waals surface area contributed by atoms with Gasteiger partial charge in [0, 0.05) is 24.7 Å². The molecule has 1 aliphatic carbocycles. The predicted octanol–water partition coefficient (Wildman–Crippen LogP) is 0.960. The van der Waals surface area contributed by atoms with Gasteiger partial charge in [-0.05, 0) is 45.4 Å². The monoisotopic (exact) mass is 253 g/mol. The smallest absolute Gasteiger partial charge is 0.234 e. The molecule has 2 fully saturated rings. The van der Waals surface area contributed by atoms with Gasteiger partial charge < -0.3 is 11.1 Å². The quantitative estimate of drug-likeness (QED) is 0.770. The van der Waals surface area contributed by atoms with Gasteiger partial charge in [-0.25, -0.2) is 0 Å². The van der Waals surface area contributed by atoms with Crippen molar-refractivity contribution in [2.24, 2.45) is 17.6 Å². The van der Waals surface area contributed by atoms with Crippen LogP contribution in [-0.2, 0) is 4.79 Å². The van der Waals surface area contributed by atoms with Gasteiger partial charge in [0.15, 0.2) is 0 Å². The van der Waals surface area contributed by atoms with Crippen molar-refractivity contribution in [2.45, 2.75) is 51.6 Å². The average Bonchev–Trinajstić information content (AvgIpc) is 2.58. The maximum Gasteiger partial charge on any atom is 0.234 e. The van der Waals surface area contributed by atoms with E-state index in [1.807, 2.05) is 20.8 Å². The molecular formula is C14H27N3O. The van der Waals surface area contributed by atoms with Crippen molar-refractivity contribution in [1.82, 2.24) is 10.2 Å². The van der Waals surface area contributed by atoms with Gasteiger partial charge in [-0.2, -0.15) is 0 Å². The second-order valence-electron chi connectivity index (χ2n) is 7.01. The van der Waals surface area contributed by atoms with E-state index in [1.165, 1.54) is 12.8 Å². The van der Waals surface area contributed by atoms with Gasteiger partial charge in [-0.1, -0.05) is 6.42 Å². The number of nitrogens with one attached hydrogen (secondary N) is 1. The van der Waals surface area contributed by atoms with E-state index in [-0.39, 0.29) is 11.4 Å². The maximum atomic E-state index is 11.9. The molecule has 0 aromatic carbocycles. The Morgan fingerprint density at radius 3 is 2.67 bits per heavy atom. The van der Waals surface area contributed by atoms with Crippen LogP contribution in [0.25, 0.3) is 0 Å². The largest absolute Gasteiger partial charge is 0.350 e. The lowest BCUT2D eigenvalue weighted by Crippen LogP contribution is -2.45. The lowest BCUT2D eigenvalue weighted by Gasteiger charge is -2.29. The molecule has 1 heterocycles. The van der Waals surface area contributed by atoms with Crippen LogP contribution in [0.3, 0.4) is 0 Å². The highest BCUT2D eigenvalue weighted by atomic mass is 16.2. The van der Waals surface area contributed by atoms with Gasteiger partial charge >= 0.3 is 0 Å². The fraction of sp³-hybridized carbons (Fsp3) is 0.929. The highest BCUT2D eigenvalue weighted by Gasteiger charge is 2.39. The van der Waals surface area contributed by atoms with Gasteiger partial charge in [0.05, 0.1) is 6.54 Å². The molecule has 0 radical (unpaired) electrons. The molecule has 0 bridgehead atoms. The molecule has 2 aliphatic rings. The number of likely N-dealkylation sites (tertiary alicyclic amines) is 1. The van der Waals surface area contributed by atoms with Crippen molar-refractivity contribution in [1.29, 1.82) is 0 Å². The molecule has 3 atom stereocenters. The van der Waals surface area contributed by atoms with Crippen LogP contribution < -0.4 is 11.1 Å². The third kappa shape index (κ3) is 3.45. The third-order valence-corrected chi connectivity index (χ3v) is 4.11. The topological polar surface area (TPSA) is 58.4 Å². The third-order valence-electron chi connectivity index (χ3n) is 4.11. The van der Waals surface area contributed by atoms with E-state index >= 15 is 0 Å². The van der Waals surface area contributed by atoms with Crippen LogP contribution in [0.2, 0.25) is 0 Å². The summed E-state index contributed by atoms with van der Waals surface area (Å²) in [5, 5.41) is 3.03. The van der Waals surface area contributed by atoms with Crippen molar-refractivity contribution >= 4 is 5.91 Å². The van der Waals surface area contributed by atoms with E-state index < -0.39 is 0 Å². The lowest BCUT2D eigenvalue weighted by atomic mass is 9.78. The molecule has 3 unspecified atom stereocenters. The molecule has 0 aromatic heterocycles. The fourth-order valence-electron chi connectivity index (χ4n) is 3.40. The molecule has 1 saturated carbocycles. The molecule has 0 spiro atoms. The Morgan fingerprint density at radius 2 is 2.06 bits per heavy atom. The summed E-state index contributed by atoms with van der Waals surface area (Å²) in [6, 6.07) is 0.347. The molecule has 104 valence electrons. The van der Waals surface area contributed by atoms with Crippen LogP contribution in [0.15, 0.2) is 0 Å². The van der Waals surface area contributed by atoms with Gasteiger partial charge in [0.1, 0.15) is 0 Å². The van der Waals surface area contributed by atoms with Crippen molar-refractivity contribution in [3.05, 3.63) is 0 Å². The molecule has 18 heavy (non-hydrogen) atoms. The number of nitrogens with zero attached hydrogens (tertiary/aromatic N) is 1. The summed E-state index contributed by atoms with van der Waals surface area (Å²) in [6.45, 7) is 8.63. The van der Waals surface area contributed by atoms with Crippen LogP contribution in [0.4, 0.5) is 0 Å². The minimum absolute atomic E-state index is 0.134. The summed E-state index contributed by atoms with van der Waals surface area (Å²) < 4.78 is 0. The summed E-state index contributed by atoms with van der Waals surface area (Å²) in [7, 11) is 0. The molecule has 4 nitrogen and oxygen atoms in total. The number of hydrogen-bond acceptors (Lipinski definition) is 3. The first-order valence-corrected chi connectivity index (χ1v) is 7.14. The Balaban J connectivity index is 1.84. The van der Waals surface area contributed by atoms with Crippen LogP contribution >= 0.6 is 0 Å². The van der Waals surface area contributed by atoms with E-state index in [9.17, 15) is 4.79 Å². The first-order valence-electron chi connectivity index (χ1n) is 7.14. The summed E-state index contributed by atoms with van der Waals surface area (Å²) in [5.41, 5.74) is 6.05. The highest BCUT2D eigenvalue weighted by molar-refractivity contribution is 5.78. The predicted molar refractivity (Wildman–Crippen MR) is 73.1 cm³/mol. The minimum Gasteiger partial charge on any atom is -0.350 e. The van der Waals surface area contributed by atoms with Crippen molar-refractivity contribution < 1.29 is 4.79 Å². The summed E-state index contributed by atoms with van der Waals surface area (Å²) in [4.78, 5) is 14.2. The number of nitrogens with two attached hydrogens (primary N) is 1. The minimum atomic E-state index is -0.139. The summed E-state index contributed by atoms with van der Waals surface area (Å²) >= 11 is 0. The van der Waals surface area contributed by atoms with E-state index in [0.717, 1.165) is 25.4 Å². The normalized spacial score (nSPS) is 33.2. The molecule has 3 N–H and O–H groups in total. The molecule has 1 saturated heterocycles. The van der Waals surface area contributed by atoms with Gasteiger partial charge in [-0.15, -0.1) is 0 Å². The summed E-state index contributed by atoms with van der Waals surface area (Å²) in [5.74, 6) is 1.46. The number of fused-ring (bicyclic) bond motifs is 1. The van der Waals surface area contributed by atoms with Crippen molar-refractivity contribution in [3.63, 3.8) is 0 Å². The Labute approximate surface area is 110 Å². The first-order chi connectivity index (χ1) is 8.35. The van der Waals surface area contributed by atoms with Crippen molar-refractivity contribution in [2.75, 3.05) is 19.6 Å². The van der Waals surface area contributed by atoms with Gasteiger partial charge in [-0.3, -0.25) is 9.69 Å². The zero-order chi connectivity index (χ0) is 13.3. The van der Waals surface area contributed by atoms with Crippen LogP contribution in [-0.4, -0.2) is 42.0 Å². The molecule has 1 aliphatic heterocycles. The molecule has 0 aromatic rings. The standard InChI is InChI=1S/C14H27N3O/c1-14(2,3)16-13(18)9-17-7-10-5-4-6-12(15)11(10)8-17/h10-12H,4-9,15H2,1-3H3,(H,16,18). The maximum absolute atomic E-state index is 11.9. The highest BCUT2D eigenvalue weighted by Crippen LogP contribution is 2.35. The number of hydrogen-bond donors (Lipinski definition) is 2. The lowest BCUT2D eigenvalue weighted by molar-refractivity contribution is -0.123. The fourth-order valence-corrected chi connectivity index (χ4v) is 3.40. The van der Waals surface area contributed by atoms with E-state index in [2.05, 4.69) is 10.2 Å². The van der Waals surface area contributed by atoms with Crippen LogP contribution in [0.1, 0.15) is 40.0 Å². The number of carbonyl (C=O) groups excluding carboxylic acids is 1. The molecule has 1 amide bonds. The average molecular weight is 253 g/mol. The number of rotatable bonds is 2. The Hall–Kier alpha value is -0.610. The van der Waals surface area contributed by atoms with Gasteiger partial charge in [0.25, 0.3) is 0 Å². The van der Waals surface area contributed by atoms with Crippen LogP contribution in [0.5, 0.6) is 0 Å². The van der Waals surface area contributed by atoms with Crippen molar-refractivity contribution in [3.8, 4) is 0 Å². The molecule has 2 rings (SSSR count). The Bertz CT molecular complexity index is 311. The van der Waals surface area contributed by atoms with Crippen LogP contribution in [0, 0.1) is 11.8 Å².